The summed E-state index contributed by atoms with van der Waals surface area (Å²) >= 11 is 0. The van der Waals surface area contributed by atoms with Gasteiger partial charge in [-0.25, -0.2) is 0 Å². The minimum Gasteiger partial charge on any atom is -0.342 e. The first-order valence-electron chi connectivity index (χ1n) is 6.97. The number of nitrogens with one attached hydrogen (secondary N) is 1. The second-order valence-corrected chi connectivity index (χ2v) is 5.83. The molecule has 1 N–H and O–H groups in total. The van der Waals surface area contributed by atoms with Crippen LogP contribution in [0.5, 0.6) is 0 Å². The van der Waals surface area contributed by atoms with Crippen LogP contribution in [0.25, 0.3) is 0 Å². The number of rotatable bonds is 5. The van der Waals surface area contributed by atoms with Crippen LogP contribution < -0.4 is 5.32 Å². The molecule has 1 rings (SSSR count). The van der Waals surface area contributed by atoms with Crippen LogP contribution in [0.4, 0.5) is 0 Å². The van der Waals surface area contributed by atoms with Gasteiger partial charge in [0, 0.05) is 19.5 Å². The fraction of sp³-hybridized carbons (Fsp3) is 0.929. The number of amides is 1. The van der Waals surface area contributed by atoms with Crippen LogP contribution in [0.3, 0.4) is 0 Å². The van der Waals surface area contributed by atoms with Crippen molar-refractivity contribution in [3.8, 4) is 0 Å². The molecule has 0 aromatic rings. The van der Waals surface area contributed by atoms with Gasteiger partial charge in [0.25, 0.3) is 0 Å². The Bertz CT molecular complexity index is 238. The van der Waals surface area contributed by atoms with Gasteiger partial charge in [0.1, 0.15) is 0 Å². The molecule has 2 atom stereocenters. The molecule has 1 fully saturated rings. The fourth-order valence-electron chi connectivity index (χ4n) is 2.39. The Hall–Kier alpha value is -0.570. The quantitative estimate of drug-likeness (QED) is 0.798. The first-order chi connectivity index (χ1) is 8.04. The highest BCUT2D eigenvalue weighted by atomic mass is 16.2. The minimum absolute atomic E-state index is 0.354. The Morgan fingerprint density at radius 3 is 2.71 bits per heavy atom. The Kier molecular flexibility index (Phi) is 5.96. The van der Waals surface area contributed by atoms with E-state index in [0.717, 1.165) is 26.1 Å². The van der Waals surface area contributed by atoms with Crippen molar-refractivity contribution in [3.05, 3.63) is 0 Å². The van der Waals surface area contributed by atoms with Gasteiger partial charge in [-0.1, -0.05) is 20.8 Å². The predicted molar refractivity (Wildman–Crippen MR) is 71.8 cm³/mol. The molecule has 1 aliphatic rings. The second-order valence-electron chi connectivity index (χ2n) is 5.83. The van der Waals surface area contributed by atoms with E-state index in [-0.39, 0.29) is 0 Å². The fourth-order valence-corrected chi connectivity index (χ4v) is 2.39. The minimum atomic E-state index is 0.354. The SMILES string of the molecule is CNCC1CCCN(C(=O)CC(C)C(C)C)C1. The number of hydrogen-bond donors (Lipinski definition) is 1. The van der Waals surface area contributed by atoms with Gasteiger partial charge >= 0.3 is 0 Å². The molecule has 1 heterocycles. The molecular weight excluding hydrogens is 212 g/mol. The van der Waals surface area contributed by atoms with Gasteiger partial charge in [0.2, 0.25) is 5.91 Å². The molecule has 0 aromatic carbocycles. The Labute approximate surface area is 106 Å². The lowest BCUT2D eigenvalue weighted by Crippen LogP contribution is -2.43. The number of likely N-dealkylation sites (tertiary alicyclic amines) is 1. The van der Waals surface area contributed by atoms with Gasteiger partial charge in [-0.05, 0) is 44.2 Å². The van der Waals surface area contributed by atoms with Crippen LogP contribution in [0.15, 0.2) is 0 Å². The van der Waals surface area contributed by atoms with E-state index in [0.29, 0.717) is 30.1 Å². The van der Waals surface area contributed by atoms with Gasteiger partial charge in [-0.2, -0.15) is 0 Å². The van der Waals surface area contributed by atoms with Crippen LogP contribution in [0, 0.1) is 17.8 Å². The van der Waals surface area contributed by atoms with E-state index in [1.807, 2.05) is 7.05 Å². The van der Waals surface area contributed by atoms with Crippen molar-refractivity contribution in [3.63, 3.8) is 0 Å². The van der Waals surface area contributed by atoms with Crippen molar-refractivity contribution in [1.82, 2.24) is 10.2 Å². The molecule has 2 unspecified atom stereocenters. The number of piperidine rings is 1. The summed E-state index contributed by atoms with van der Waals surface area (Å²) in [7, 11) is 1.99. The maximum atomic E-state index is 12.2. The van der Waals surface area contributed by atoms with Gasteiger partial charge in [0.05, 0.1) is 0 Å². The summed E-state index contributed by atoms with van der Waals surface area (Å²) in [6, 6.07) is 0. The number of carbonyl (C=O) groups is 1. The Morgan fingerprint density at radius 1 is 1.41 bits per heavy atom. The van der Waals surface area contributed by atoms with Crippen molar-refractivity contribution in [1.29, 1.82) is 0 Å². The van der Waals surface area contributed by atoms with E-state index >= 15 is 0 Å². The highest BCUT2D eigenvalue weighted by Gasteiger charge is 2.24. The van der Waals surface area contributed by atoms with Gasteiger partial charge < -0.3 is 10.2 Å². The Morgan fingerprint density at radius 2 is 2.12 bits per heavy atom. The summed E-state index contributed by atoms with van der Waals surface area (Å²) in [4.78, 5) is 14.2. The lowest BCUT2D eigenvalue weighted by Gasteiger charge is -2.33. The predicted octanol–water partition coefficient (Wildman–Crippen LogP) is 2.13. The lowest BCUT2D eigenvalue weighted by atomic mass is 9.92. The first kappa shape index (κ1) is 14.5. The van der Waals surface area contributed by atoms with E-state index in [1.165, 1.54) is 6.42 Å². The molecular formula is C14H28N2O. The topological polar surface area (TPSA) is 32.3 Å². The van der Waals surface area contributed by atoms with E-state index in [1.54, 1.807) is 0 Å². The molecule has 0 spiro atoms. The van der Waals surface area contributed by atoms with E-state index in [9.17, 15) is 4.79 Å². The summed E-state index contributed by atoms with van der Waals surface area (Å²) in [6.07, 6.45) is 3.13. The highest BCUT2D eigenvalue weighted by molar-refractivity contribution is 5.76. The zero-order chi connectivity index (χ0) is 12.8. The van der Waals surface area contributed by atoms with Crippen molar-refractivity contribution in [2.24, 2.45) is 17.8 Å². The summed E-state index contributed by atoms with van der Waals surface area (Å²) in [5.41, 5.74) is 0. The molecule has 0 saturated carbocycles. The zero-order valence-corrected chi connectivity index (χ0v) is 11.8. The maximum Gasteiger partial charge on any atom is 0.222 e. The zero-order valence-electron chi connectivity index (χ0n) is 11.8. The maximum absolute atomic E-state index is 12.2. The normalized spacial score (nSPS) is 22.9. The summed E-state index contributed by atoms with van der Waals surface area (Å²) < 4.78 is 0. The molecule has 17 heavy (non-hydrogen) atoms. The van der Waals surface area contributed by atoms with Crippen LogP contribution in [-0.2, 0) is 4.79 Å². The van der Waals surface area contributed by atoms with Crippen LogP contribution in [0.1, 0.15) is 40.0 Å². The van der Waals surface area contributed by atoms with Crippen molar-refractivity contribution in [2.75, 3.05) is 26.7 Å². The third-order valence-electron chi connectivity index (χ3n) is 4.00. The third kappa shape index (κ3) is 4.66. The molecule has 3 nitrogen and oxygen atoms in total. The van der Waals surface area contributed by atoms with E-state index < -0.39 is 0 Å². The second kappa shape index (κ2) is 7.00. The summed E-state index contributed by atoms with van der Waals surface area (Å²) in [5, 5.41) is 3.22. The number of hydrogen-bond acceptors (Lipinski definition) is 2. The lowest BCUT2D eigenvalue weighted by molar-refractivity contribution is -0.134. The van der Waals surface area contributed by atoms with E-state index in [2.05, 4.69) is 31.0 Å². The smallest absolute Gasteiger partial charge is 0.222 e. The molecule has 0 bridgehead atoms. The van der Waals surface area contributed by atoms with Crippen LogP contribution >= 0.6 is 0 Å². The monoisotopic (exact) mass is 240 g/mol. The Balaban J connectivity index is 2.40. The molecule has 1 aliphatic heterocycles. The van der Waals surface area contributed by atoms with Crippen molar-refractivity contribution < 1.29 is 4.79 Å². The first-order valence-corrected chi connectivity index (χ1v) is 6.97. The summed E-state index contributed by atoms with van der Waals surface area (Å²) in [6.45, 7) is 9.51. The highest BCUT2D eigenvalue weighted by Crippen LogP contribution is 2.20. The molecule has 1 saturated heterocycles. The molecule has 0 aromatic heterocycles. The molecule has 100 valence electrons. The number of carbonyl (C=O) groups excluding carboxylic acids is 1. The third-order valence-corrected chi connectivity index (χ3v) is 4.00. The van der Waals surface area contributed by atoms with Gasteiger partial charge in [-0.15, -0.1) is 0 Å². The van der Waals surface area contributed by atoms with E-state index in [4.69, 9.17) is 0 Å². The standard InChI is InChI=1S/C14H28N2O/c1-11(2)12(3)8-14(17)16-7-5-6-13(10-16)9-15-4/h11-13,15H,5-10H2,1-4H3. The molecule has 1 amide bonds. The average Bonchev–Trinajstić information content (AvgIpc) is 2.29. The largest absolute Gasteiger partial charge is 0.342 e. The van der Waals surface area contributed by atoms with Crippen LogP contribution in [0.2, 0.25) is 0 Å². The van der Waals surface area contributed by atoms with Gasteiger partial charge in [0.15, 0.2) is 0 Å². The van der Waals surface area contributed by atoms with Crippen molar-refractivity contribution in [2.45, 2.75) is 40.0 Å². The molecule has 3 heteroatoms. The number of nitrogens with zero attached hydrogens (tertiary/aromatic N) is 1. The van der Waals surface area contributed by atoms with Crippen LogP contribution in [-0.4, -0.2) is 37.5 Å². The van der Waals surface area contributed by atoms with Gasteiger partial charge in [-0.3, -0.25) is 4.79 Å². The summed E-state index contributed by atoms with van der Waals surface area (Å²) in [5.74, 6) is 2.09. The molecule has 0 aliphatic carbocycles. The average molecular weight is 240 g/mol. The molecule has 0 radical (unpaired) electrons. The van der Waals surface area contributed by atoms with Crippen molar-refractivity contribution >= 4 is 5.91 Å².